The molecule has 16 heavy (non-hydrogen) atoms. The molecule has 1 heterocycles. The maximum Gasteiger partial charge on any atom is 0.143 e. The van der Waals surface area contributed by atoms with Crippen molar-refractivity contribution in [3.05, 3.63) is 48.8 Å². The lowest BCUT2D eigenvalue weighted by molar-refractivity contribution is 0.308. The molecule has 0 unspecified atom stereocenters. The molecule has 2 heteroatoms. The van der Waals surface area contributed by atoms with Gasteiger partial charge in [-0.15, -0.1) is 0 Å². The minimum Gasteiger partial charge on any atom is -0.491 e. The number of unbranched alkanes of at least 4 members (excludes halogenated alkanes) is 1. The number of ether oxygens (including phenoxy) is 1. The molecule has 0 aliphatic carbocycles. The largest absolute Gasteiger partial charge is 0.491 e. The Hall–Kier alpha value is -1.70. The molecule has 0 saturated heterocycles. The fraction of sp³-hybridized carbons (Fsp3) is 0.286. The lowest BCUT2D eigenvalue weighted by atomic mass is 10.3. The molecule has 2 aromatic rings. The zero-order valence-electron chi connectivity index (χ0n) is 9.60. The van der Waals surface area contributed by atoms with Crippen LogP contribution in [0.15, 0.2) is 48.8 Å². The molecule has 1 aromatic heterocycles. The van der Waals surface area contributed by atoms with Gasteiger partial charge in [0.2, 0.25) is 0 Å². The molecular formula is C14H17NO. The van der Waals surface area contributed by atoms with E-state index < -0.39 is 0 Å². The SMILES string of the molecule is CCCCOc1ccccc1-n1cccc1. The molecule has 0 N–H and O–H groups in total. The normalized spacial score (nSPS) is 10.3. The molecule has 84 valence electrons. The van der Waals surface area contributed by atoms with E-state index in [4.69, 9.17) is 4.74 Å². The zero-order valence-corrected chi connectivity index (χ0v) is 9.60. The van der Waals surface area contributed by atoms with Crippen molar-refractivity contribution >= 4 is 0 Å². The van der Waals surface area contributed by atoms with E-state index >= 15 is 0 Å². The standard InChI is InChI=1S/C14H17NO/c1-2-3-12-16-14-9-5-4-8-13(14)15-10-6-7-11-15/h4-11H,2-3,12H2,1H3. The first kappa shape index (κ1) is 10.8. The fourth-order valence-electron chi connectivity index (χ4n) is 1.61. The van der Waals surface area contributed by atoms with Crippen LogP contribution in [0, 0.1) is 0 Å². The van der Waals surface area contributed by atoms with Crippen LogP contribution >= 0.6 is 0 Å². The van der Waals surface area contributed by atoms with Gasteiger partial charge in [-0.05, 0) is 30.7 Å². The predicted molar refractivity (Wildman–Crippen MR) is 66.2 cm³/mol. The van der Waals surface area contributed by atoms with E-state index in [0.29, 0.717) is 0 Å². The highest BCUT2D eigenvalue weighted by Crippen LogP contribution is 2.22. The molecule has 0 aliphatic heterocycles. The molecule has 0 spiro atoms. The summed E-state index contributed by atoms with van der Waals surface area (Å²) in [5.41, 5.74) is 1.10. The quantitative estimate of drug-likeness (QED) is 0.694. The average molecular weight is 215 g/mol. The maximum atomic E-state index is 5.78. The van der Waals surface area contributed by atoms with Crippen LogP contribution < -0.4 is 4.74 Å². The number of nitrogens with zero attached hydrogens (tertiary/aromatic N) is 1. The topological polar surface area (TPSA) is 14.2 Å². The number of para-hydroxylation sites is 2. The third kappa shape index (κ3) is 2.45. The number of hydrogen-bond donors (Lipinski definition) is 0. The van der Waals surface area contributed by atoms with Gasteiger partial charge >= 0.3 is 0 Å². The van der Waals surface area contributed by atoms with Gasteiger partial charge in [0.25, 0.3) is 0 Å². The second-order valence-corrected chi connectivity index (χ2v) is 3.76. The van der Waals surface area contributed by atoms with Crippen LogP contribution in [-0.2, 0) is 0 Å². The second-order valence-electron chi connectivity index (χ2n) is 3.76. The van der Waals surface area contributed by atoms with Crippen LogP contribution in [-0.4, -0.2) is 11.2 Å². The summed E-state index contributed by atoms with van der Waals surface area (Å²) in [7, 11) is 0. The van der Waals surface area contributed by atoms with E-state index in [1.54, 1.807) is 0 Å². The Balaban J connectivity index is 2.18. The van der Waals surface area contributed by atoms with Gasteiger partial charge in [0.05, 0.1) is 12.3 Å². The molecule has 0 aliphatic rings. The van der Waals surface area contributed by atoms with E-state index in [1.807, 2.05) is 42.7 Å². The van der Waals surface area contributed by atoms with Crippen molar-refractivity contribution in [2.75, 3.05) is 6.61 Å². The highest BCUT2D eigenvalue weighted by atomic mass is 16.5. The molecule has 2 rings (SSSR count). The second kappa shape index (κ2) is 5.40. The minimum absolute atomic E-state index is 0.786. The van der Waals surface area contributed by atoms with Crippen LogP contribution in [0.1, 0.15) is 19.8 Å². The zero-order chi connectivity index (χ0) is 11.2. The number of benzene rings is 1. The number of aromatic nitrogens is 1. The Morgan fingerprint density at radius 3 is 2.56 bits per heavy atom. The molecule has 0 atom stereocenters. The van der Waals surface area contributed by atoms with Crippen molar-refractivity contribution in [2.24, 2.45) is 0 Å². The van der Waals surface area contributed by atoms with Crippen molar-refractivity contribution in [2.45, 2.75) is 19.8 Å². The van der Waals surface area contributed by atoms with Gasteiger partial charge in [-0.25, -0.2) is 0 Å². The Kier molecular flexibility index (Phi) is 3.65. The highest BCUT2D eigenvalue weighted by Gasteiger charge is 2.03. The smallest absolute Gasteiger partial charge is 0.143 e. The first-order chi connectivity index (χ1) is 7.92. The summed E-state index contributed by atoms with van der Waals surface area (Å²) in [4.78, 5) is 0. The van der Waals surface area contributed by atoms with Crippen LogP contribution in [0.25, 0.3) is 5.69 Å². The minimum atomic E-state index is 0.786. The number of hydrogen-bond acceptors (Lipinski definition) is 1. The van der Waals surface area contributed by atoms with Crippen LogP contribution in [0.5, 0.6) is 5.75 Å². The summed E-state index contributed by atoms with van der Waals surface area (Å²) in [6.07, 6.45) is 6.32. The summed E-state index contributed by atoms with van der Waals surface area (Å²) in [5, 5.41) is 0. The van der Waals surface area contributed by atoms with Gasteiger partial charge in [0, 0.05) is 12.4 Å². The van der Waals surface area contributed by atoms with Gasteiger partial charge in [0.15, 0.2) is 0 Å². The van der Waals surface area contributed by atoms with Gasteiger partial charge < -0.3 is 9.30 Å². The lowest BCUT2D eigenvalue weighted by Crippen LogP contribution is -2.00. The Bertz CT molecular complexity index is 420. The first-order valence-corrected chi connectivity index (χ1v) is 5.77. The van der Waals surface area contributed by atoms with Crippen LogP contribution in [0.2, 0.25) is 0 Å². The Labute approximate surface area is 96.5 Å². The molecule has 0 amide bonds. The van der Waals surface area contributed by atoms with Crippen molar-refractivity contribution in [3.63, 3.8) is 0 Å². The molecule has 1 aromatic carbocycles. The molecule has 0 saturated carbocycles. The third-order valence-corrected chi connectivity index (χ3v) is 2.50. The lowest BCUT2D eigenvalue weighted by Gasteiger charge is -2.11. The van der Waals surface area contributed by atoms with Crippen molar-refractivity contribution < 1.29 is 4.74 Å². The average Bonchev–Trinajstić information content (AvgIpc) is 2.83. The monoisotopic (exact) mass is 215 g/mol. The molecule has 0 radical (unpaired) electrons. The highest BCUT2D eigenvalue weighted by molar-refractivity contribution is 5.46. The number of rotatable bonds is 5. The third-order valence-electron chi connectivity index (χ3n) is 2.50. The van der Waals surface area contributed by atoms with E-state index in [0.717, 1.165) is 30.9 Å². The predicted octanol–water partition coefficient (Wildman–Crippen LogP) is 3.66. The van der Waals surface area contributed by atoms with E-state index in [-0.39, 0.29) is 0 Å². The summed E-state index contributed by atoms with van der Waals surface area (Å²) < 4.78 is 7.85. The van der Waals surface area contributed by atoms with Gasteiger partial charge in [-0.3, -0.25) is 0 Å². The first-order valence-electron chi connectivity index (χ1n) is 5.77. The van der Waals surface area contributed by atoms with E-state index in [1.165, 1.54) is 0 Å². The fourth-order valence-corrected chi connectivity index (χ4v) is 1.61. The molecule has 0 fully saturated rings. The summed E-state index contributed by atoms with van der Waals surface area (Å²) in [6, 6.07) is 12.2. The van der Waals surface area contributed by atoms with Gasteiger partial charge in [-0.2, -0.15) is 0 Å². The van der Waals surface area contributed by atoms with E-state index in [2.05, 4.69) is 17.6 Å². The van der Waals surface area contributed by atoms with Gasteiger partial charge in [0.1, 0.15) is 5.75 Å². The summed E-state index contributed by atoms with van der Waals surface area (Å²) >= 11 is 0. The van der Waals surface area contributed by atoms with Crippen LogP contribution in [0.4, 0.5) is 0 Å². The molecule has 0 bridgehead atoms. The maximum absolute atomic E-state index is 5.78. The van der Waals surface area contributed by atoms with Crippen molar-refractivity contribution in [3.8, 4) is 11.4 Å². The molecule has 2 nitrogen and oxygen atoms in total. The summed E-state index contributed by atoms with van der Waals surface area (Å²) in [5.74, 6) is 0.951. The Morgan fingerprint density at radius 1 is 1.06 bits per heavy atom. The van der Waals surface area contributed by atoms with Crippen molar-refractivity contribution in [1.82, 2.24) is 4.57 Å². The Morgan fingerprint density at radius 2 is 1.81 bits per heavy atom. The van der Waals surface area contributed by atoms with E-state index in [9.17, 15) is 0 Å². The van der Waals surface area contributed by atoms with Gasteiger partial charge in [-0.1, -0.05) is 25.5 Å². The van der Waals surface area contributed by atoms with Crippen LogP contribution in [0.3, 0.4) is 0 Å². The molecular weight excluding hydrogens is 198 g/mol. The summed E-state index contributed by atoms with van der Waals surface area (Å²) in [6.45, 7) is 2.95. The van der Waals surface area contributed by atoms with Crippen molar-refractivity contribution in [1.29, 1.82) is 0 Å².